The summed E-state index contributed by atoms with van der Waals surface area (Å²) in [5, 5.41) is 0. The smallest absolute Gasteiger partial charge is 0.355 e. The van der Waals surface area contributed by atoms with Gasteiger partial charge < -0.3 is 14.4 Å². The minimum atomic E-state index is -0.622. The number of esters is 2. The van der Waals surface area contributed by atoms with Gasteiger partial charge in [0.15, 0.2) is 0 Å². The van der Waals surface area contributed by atoms with Crippen LogP contribution in [0.4, 0.5) is 5.69 Å². The van der Waals surface area contributed by atoms with Crippen molar-refractivity contribution in [2.45, 2.75) is 13.8 Å². The van der Waals surface area contributed by atoms with E-state index in [1.807, 2.05) is 26.0 Å². The van der Waals surface area contributed by atoms with Crippen molar-refractivity contribution in [2.75, 3.05) is 19.1 Å². The van der Waals surface area contributed by atoms with E-state index < -0.39 is 11.9 Å². The monoisotopic (exact) mass is 391 g/mol. The predicted octanol–water partition coefficient (Wildman–Crippen LogP) is 3.56. The molecule has 0 aromatic heterocycles. The Balaban J connectivity index is 2.75. The van der Waals surface area contributed by atoms with Gasteiger partial charge in [-0.05, 0) is 49.3 Å². The second-order valence-electron chi connectivity index (χ2n) is 5.21. The van der Waals surface area contributed by atoms with Gasteiger partial charge in [-0.1, -0.05) is 22.0 Å². The van der Waals surface area contributed by atoms with Crippen LogP contribution in [0, 0.1) is 13.8 Å². The first-order valence-electron chi connectivity index (χ1n) is 7.22. The molecule has 1 aromatic rings. The minimum Gasteiger partial charge on any atom is -0.465 e. The third-order valence-corrected chi connectivity index (χ3v) is 4.43. The summed E-state index contributed by atoms with van der Waals surface area (Å²) in [6.45, 7) is 3.88. The maximum atomic E-state index is 12.4. The molecule has 0 N–H and O–H groups in total. The molecule has 6 heteroatoms. The lowest BCUT2D eigenvalue weighted by Gasteiger charge is -2.25. The van der Waals surface area contributed by atoms with E-state index in [9.17, 15) is 9.59 Å². The SMILES string of the molecule is COC(=O)C1=C(C(=O)OC)N(c2cc(C)cc(Br)c2C)C=CC=C1. The average Bonchev–Trinajstić information content (AvgIpc) is 2.79. The van der Waals surface area contributed by atoms with Crippen molar-refractivity contribution in [3.63, 3.8) is 0 Å². The zero-order valence-electron chi connectivity index (χ0n) is 13.9. The largest absolute Gasteiger partial charge is 0.465 e. The Morgan fingerprint density at radius 2 is 1.71 bits per heavy atom. The highest BCUT2D eigenvalue weighted by molar-refractivity contribution is 9.10. The third-order valence-electron chi connectivity index (χ3n) is 3.61. The summed E-state index contributed by atoms with van der Waals surface area (Å²) in [7, 11) is 2.55. The van der Waals surface area contributed by atoms with E-state index in [1.165, 1.54) is 20.3 Å². The summed E-state index contributed by atoms with van der Waals surface area (Å²) in [6.07, 6.45) is 6.67. The summed E-state index contributed by atoms with van der Waals surface area (Å²) < 4.78 is 10.6. The molecule has 0 spiro atoms. The highest BCUT2D eigenvalue weighted by Crippen LogP contribution is 2.33. The van der Waals surface area contributed by atoms with Crippen molar-refractivity contribution in [2.24, 2.45) is 0 Å². The molecule has 2 rings (SSSR count). The lowest BCUT2D eigenvalue weighted by atomic mass is 10.1. The molecule has 0 unspecified atom stereocenters. The van der Waals surface area contributed by atoms with Gasteiger partial charge in [-0.3, -0.25) is 0 Å². The quantitative estimate of drug-likeness (QED) is 0.737. The molecule has 5 nitrogen and oxygen atoms in total. The van der Waals surface area contributed by atoms with Crippen molar-refractivity contribution in [1.82, 2.24) is 0 Å². The summed E-state index contributed by atoms with van der Waals surface area (Å²) >= 11 is 3.52. The number of ether oxygens (including phenoxy) is 2. The molecule has 0 aliphatic carbocycles. The second-order valence-corrected chi connectivity index (χ2v) is 6.06. The summed E-state index contributed by atoms with van der Waals surface area (Å²) in [5.41, 5.74) is 2.94. The number of benzene rings is 1. The van der Waals surface area contributed by atoms with Crippen LogP contribution < -0.4 is 4.90 Å². The molecule has 126 valence electrons. The van der Waals surface area contributed by atoms with E-state index in [2.05, 4.69) is 15.9 Å². The second kappa shape index (κ2) is 7.49. The molecule has 0 fully saturated rings. The standard InChI is InChI=1S/C18H18BrNO4/c1-11-9-14(19)12(2)15(10-11)20-8-6-5-7-13(17(21)23-3)16(20)18(22)24-4/h5-10H,1-4H3. The van der Waals surface area contributed by atoms with E-state index in [1.54, 1.807) is 23.3 Å². The molecule has 0 radical (unpaired) electrons. The van der Waals surface area contributed by atoms with Crippen LogP contribution in [0.25, 0.3) is 0 Å². The zero-order chi connectivity index (χ0) is 17.9. The average molecular weight is 392 g/mol. The first-order valence-corrected chi connectivity index (χ1v) is 8.01. The van der Waals surface area contributed by atoms with Gasteiger partial charge in [0.2, 0.25) is 0 Å². The van der Waals surface area contributed by atoms with Crippen molar-refractivity contribution in [3.8, 4) is 0 Å². The third kappa shape index (κ3) is 3.43. The number of anilines is 1. The predicted molar refractivity (Wildman–Crippen MR) is 95.4 cm³/mol. The highest BCUT2D eigenvalue weighted by Gasteiger charge is 2.28. The Morgan fingerprint density at radius 3 is 2.33 bits per heavy atom. The van der Waals surface area contributed by atoms with Crippen molar-refractivity contribution in [1.29, 1.82) is 0 Å². The van der Waals surface area contributed by atoms with Crippen LogP contribution in [0.15, 0.2) is 52.3 Å². The fourth-order valence-corrected chi connectivity index (χ4v) is 2.96. The Hall–Kier alpha value is -2.34. The maximum absolute atomic E-state index is 12.4. The molecule has 0 atom stereocenters. The van der Waals surface area contributed by atoms with Gasteiger partial charge in [0.25, 0.3) is 0 Å². The normalized spacial score (nSPS) is 13.8. The molecule has 0 saturated carbocycles. The molecule has 0 saturated heterocycles. The molecule has 24 heavy (non-hydrogen) atoms. The Morgan fingerprint density at radius 1 is 1.04 bits per heavy atom. The van der Waals surface area contributed by atoms with Gasteiger partial charge in [-0.25, -0.2) is 9.59 Å². The number of halogens is 1. The topological polar surface area (TPSA) is 55.8 Å². The molecule has 1 aromatic carbocycles. The van der Waals surface area contributed by atoms with Gasteiger partial charge in [0, 0.05) is 10.7 Å². The van der Waals surface area contributed by atoms with E-state index in [0.29, 0.717) is 0 Å². The molecule has 1 aliphatic rings. The van der Waals surface area contributed by atoms with Crippen molar-refractivity contribution in [3.05, 3.63) is 63.4 Å². The van der Waals surface area contributed by atoms with Crippen LogP contribution in [0.3, 0.4) is 0 Å². The van der Waals surface area contributed by atoms with Gasteiger partial charge in [-0.15, -0.1) is 0 Å². The number of allylic oxidation sites excluding steroid dienone is 2. The Kier molecular flexibility index (Phi) is 5.62. The van der Waals surface area contributed by atoms with Crippen LogP contribution in [0.5, 0.6) is 0 Å². The van der Waals surface area contributed by atoms with E-state index in [4.69, 9.17) is 9.47 Å². The molecule has 0 bridgehead atoms. The number of carbonyl (C=O) groups excluding carboxylic acids is 2. The number of nitrogens with zero attached hydrogens (tertiary/aromatic N) is 1. The van der Waals surface area contributed by atoms with E-state index in [0.717, 1.165) is 21.3 Å². The number of methoxy groups -OCH3 is 2. The van der Waals surface area contributed by atoms with Crippen LogP contribution in [-0.2, 0) is 19.1 Å². The van der Waals surface area contributed by atoms with Crippen LogP contribution in [-0.4, -0.2) is 26.2 Å². The summed E-state index contributed by atoms with van der Waals surface area (Å²) in [6, 6.07) is 3.93. The first-order chi connectivity index (χ1) is 11.4. The number of hydrogen-bond donors (Lipinski definition) is 0. The minimum absolute atomic E-state index is 0.106. The maximum Gasteiger partial charge on any atom is 0.355 e. The highest BCUT2D eigenvalue weighted by atomic mass is 79.9. The molecule has 0 amide bonds. The Labute approximate surface area is 149 Å². The molecule has 1 heterocycles. The van der Waals surface area contributed by atoms with E-state index >= 15 is 0 Å². The van der Waals surface area contributed by atoms with Crippen LogP contribution in [0.2, 0.25) is 0 Å². The van der Waals surface area contributed by atoms with Gasteiger partial charge in [-0.2, -0.15) is 0 Å². The summed E-state index contributed by atoms with van der Waals surface area (Å²) in [5.74, 6) is -1.23. The first kappa shape index (κ1) is 18.0. The fraction of sp³-hybridized carbons (Fsp3) is 0.222. The van der Waals surface area contributed by atoms with Gasteiger partial charge in [0.1, 0.15) is 5.70 Å². The van der Waals surface area contributed by atoms with E-state index in [-0.39, 0.29) is 11.3 Å². The number of hydrogen-bond acceptors (Lipinski definition) is 5. The number of rotatable bonds is 3. The lowest BCUT2D eigenvalue weighted by molar-refractivity contribution is -0.139. The summed E-state index contributed by atoms with van der Waals surface area (Å²) in [4.78, 5) is 26.2. The zero-order valence-corrected chi connectivity index (χ0v) is 15.5. The van der Waals surface area contributed by atoms with Crippen LogP contribution >= 0.6 is 15.9 Å². The van der Waals surface area contributed by atoms with Crippen molar-refractivity contribution < 1.29 is 19.1 Å². The van der Waals surface area contributed by atoms with Gasteiger partial charge in [0.05, 0.1) is 25.5 Å². The van der Waals surface area contributed by atoms with Crippen LogP contribution in [0.1, 0.15) is 11.1 Å². The fourth-order valence-electron chi connectivity index (χ4n) is 2.40. The molecular formula is C18H18BrNO4. The van der Waals surface area contributed by atoms with Gasteiger partial charge >= 0.3 is 11.9 Å². The molecule has 1 aliphatic heterocycles. The lowest BCUT2D eigenvalue weighted by Crippen LogP contribution is -2.27. The number of aryl methyl sites for hydroxylation is 1. The molecular weight excluding hydrogens is 374 g/mol. The van der Waals surface area contributed by atoms with Crippen molar-refractivity contribution >= 4 is 33.6 Å². The number of carbonyl (C=O) groups is 2. The Bertz CT molecular complexity index is 777.